The molecule has 1 unspecified atom stereocenters. The van der Waals surface area contributed by atoms with Crippen LogP contribution >= 0.6 is 0 Å². The molecule has 0 aromatic carbocycles. The van der Waals surface area contributed by atoms with Crippen molar-refractivity contribution in [3.05, 3.63) is 12.7 Å². The van der Waals surface area contributed by atoms with Crippen molar-refractivity contribution in [2.45, 2.75) is 6.42 Å². The molecule has 0 bridgehead atoms. The van der Waals surface area contributed by atoms with Crippen LogP contribution in [0.2, 0.25) is 0 Å². The van der Waals surface area contributed by atoms with Crippen molar-refractivity contribution < 1.29 is 27.1 Å². The van der Waals surface area contributed by atoms with Gasteiger partial charge in [-0.05, 0) is 6.08 Å². The second-order valence-electron chi connectivity index (χ2n) is 3.34. The van der Waals surface area contributed by atoms with E-state index in [1.165, 1.54) is 0 Å². The minimum atomic E-state index is 0. The molecule has 80 valence electrons. The van der Waals surface area contributed by atoms with E-state index in [2.05, 4.69) is 13.6 Å². The number of likely N-dealkylation sites (N-methyl/N-ethyl adjacent to an activating group) is 1. The topological polar surface area (TPSA) is 40.5 Å². The quantitative estimate of drug-likeness (QED) is 0.347. The lowest BCUT2D eigenvalue weighted by atomic mass is 10.3. The first-order chi connectivity index (χ1) is 5.68. The van der Waals surface area contributed by atoms with Crippen molar-refractivity contribution in [3.63, 3.8) is 0 Å². The van der Waals surface area contributed by atoms with Gasteiger partial charge in [0.2, 0.25) is 0 Å². The van der Waals surface area contributed by atoms with E-state index in [4.69, 9.17) is 10.2 Å². The first kappa shape index (κ1) is 15.4. The number of aliphatic hydroxyl groups excluding tert-OH is 2. The van der Waals surface area contributed by atoms with Crippen molar-refractivity contribution in [2.24, 2.45) is 0 Å². The van der Waals surface area contributed by atoms with E-state index in [0.717, 1.165) is 30.5 Å². The normalized spacial score (nSPS) is 14.4. The maximum Gasteiger partial charge on any atom is 0.102 e. The Bertz CT molecular complexity index is 133. The third-order valence-electron chi connectivity index (χ3n) is 2.07. The van der Waals surface area contributed by atoms with Crippen LogP contribution in [0.3, 0.4) is 0 Å². The van der Waals surface area contributed by atoms with Crippen LogP contribution in [0.4, 0.5) is 0 Å². The lowest BCUT2D eigenvalue weighted by Gasteiger charge is -2.32. The van der Waals surface area contributed by atoms with Crippen molar-refractivity contribution >= 4 is 0 Å². The second-order valence-corrected chi connectivity index (χ2v) is 3.34. The van der Waals surface area contributed by atoms with Crippen LogP contribution in [0, 0.1) is 0 Å². The minimum Gasteiger partial charge on any atom is -1.00 e. The Balaban J connectivity index is 0. The predicted molar refractivity (Wildman–Crippen MR) is 49.8 cm³/mol. The van der Waals surface area contributed by atoms with E-state index in [0.29, 0.717) is 0 Å². The van der Waals surface area contributed by atoms with Crippen LogP contribution < -0.4 is 12.4 Å². The summed E-state index contributed by atoms with van der Waals surface area (Å²) in [7, 11) is 2.06. The number of halogens is 1. The highest BCUT2D eigenvalue weighted by Gasteiger charge is 2.17. The van der Waals surface area contributed by atoms with Crippen molar-refractivity contribution in [2.75, 3.05) is 39.9 Å². The molecule has 1 atom stereocenters. The third-order valence-corrected chi connectivity index (χ3v) is 2.07. The Morgan fingerprint density at radius 1 is 1.23 bits per heavy atom. The highest BCUT2D eigenvalue weighted by atomic mass is 35.5. The zero-order chi connectivity index (χ0) is 9.45. The van der Waals surface area contributed by atoms with Crippen LogP contribution in [0.15, 0.2) is 12.7 Å². The summed E-state index contributed by atoms with van der Waals surface area (Å²) in [6.45, 7) is 6.55. The molecule has 0 aromatic rings. The number of aliphatic hydroxyl groups is 2. The average Bonchev–Trinajstić information content (AvgIpc) is 2.02. The van der Waals surface area contributed by atoms with Crippen molar-refractivity contribution in [1.82, 2.24) is 0 Å². The predicted octanol–water partition coefficient (Wildman–Crippen LogP) is -3.00. The molecule has 0 aliphatic rings. The van der Waals surface area contributed by atoms with Gasteiger partial charge >= 0.3 is 0 Å². The third kappa shape index (κ3) is 7.02. The minimum absolute atomic E-state index is 0. The molecule has 0 radical (unpaired) electrons. The van der Waals surface area contributed by atoms with Gasteiger partial charge in [0.15, 0.2) is 0 Å². The number of nitrogens with zero attached hydrogens (tertiary/aromatic N) is 1. The molecule has 4 heteroatoms. The van der Waals surface area contributed by atoms with Gasteiger partial charge in [0.25, 0.3) is 0 Å². The SMILES string of the molecule is C=CC[N+](C)(CCO)CCCO.[Cl-]. The van der Waals surface area contributed by atoms with Gasteiger partial charge in [0, 0.05) is 13.0 Å². The Labute approximate surface area is 86.7 Å². The lowest BCUT2D eigenvalue weighted by molar-refractivity contribution is -0.904. The molecule has 0 aliphatic heterocycles. The van der Waals surface area contributed by atoms with Crippen LogP contribution in [-0.4, -0.2) is 54.6 Å². The number of hydrogen-bond acceptors (Lipinski definition) is 2. The fourth-order valence-corrected chi connectivity index (χ4v) is 1.30. The van der Waals surface area contributed by atoms with E-state index >= 15 is 0 Å². The van der Waals surface area contributed by atoms with Crippen molar-refractivity contribution in [3.8, 4) is 0 Å². The summed E-state index contributed by atoms with van der Waals surface area (Å²) >= 11 is 0. The lowest BCUT2D eigenvalue weighted by Crippen LogP contribution is -3.00. The molecule has 0 aromatic heterocycles. The molecule has 3 nitrogen and oxygen atoms in total. The van der Waals surface area contributed by atoms with Crippen LogP contribution in [0.1, 0.15) is 6.42 Å². The maximum absolute atomic E-state index is 8.82. The zero-order valence-corrected chi connectivity index (χ0v) is 9.00. The highest BCUT2D eigenvalue weighted by molar-refractivity contribution is 4.65. The van der Waals surface area contributed by atoms with Gasteiger partial charge in [-0.1, -0.05) is 6.58 Å². The van der Waals surface area contributed by atoms with E-state index in [-0.39, 0.29) is 25.6 Å². The highest BCUT2D eigenvalue weighted by Crippen LogP contribution is 2.03. The number of rotatable bonds is 7. The molecule has 0 aliphatic carbocycles. The Morgan fingerprint density at radius 3 is 2.23 bits per heavy atom. The summed E-state index contributed by atoms with van der Waals surface area (Å²) in [4.78, 5) is 0. The average molecular weight is 210 g/mol. The van der Waals surface area contributed by atoms with E-state index in [1.54, 1.807) is 0 Å². The summed E-state index contributed by atoms with van der Waals surface area (Å²) in [5.41, 5.74) is 0. The first-order valence-electron chi connectivity index (χ1n) is 4.34. The van der Waals surface area contributed by atoms with E-state index in [9.17, 15) is 0 Å². The molecular weight excluding hydrogens is 190 g/mol. The maximum atomic E-state index is 8.82. The Morgan fingerprint density at radius 2 is 1.85 bits per heavy atom. The zero-order valence-electron chi connectivity index (χ0n) is 8.25. The number of hydrogen-bond donors (Lipinski definition) is 2. The number of quaternary nitrogens is 1. The molecule has 0 fully saturated rings. The molecule has 0 amide bonds. The molecule has 0 saturated carbocycles. The molecule has 0 saturated heterocycles. The van der Waals surface area contributed by atoms with Crippen LogP contribution in [0.25, 0.3) is 0 Å². The van der Waals surface area contributed by atoms with E-state index in [1.807, 2.05) is 6.08 Å². The Hall–Kier alpha value is -0.0900. The molecular formula is C9H20ClNO2. The van der Waals surface area contributed by atoms with Crippen LogP contribution in [-0.2, 0) is 0 Å². The fraction of sp³-hybridized carbons (Fsp3) is 0.778. The molecule has 0 heterocycles. The largest absolute Gasteiger partial charge is 1.00 e. The van der Waals surface area contributed by atoms with Gasteiger partial charge in [0.05, 0.1) is 26.7 Å². The molecule has 0 rings (SSSR count). The summed E-state index contributed by atoms with van der Waals surface area (Å²) < 4.78 is 0.764. The summed E-state index contributed by atoms with van der Waals surface area (Å²) in [6.07, 6.45) is 2.64. The summed E-state index contributed by atoms with van der Waals surface area (Å²) in [5, 5.41) is 17.5. The van der Waals surface area contributed by atoms with Gasteiger partial charge in [-0.2, -0.15) is 0 Å². The second kappa shape index (κ2) is 8.51. The standard InChI is InChI=1S/C9H20NO2.ClH/c1-3-5-10(2,7-9-12)6-4-8-11;/h3,11-12H,1,4-9H2,2H3;1H/q+1;/p-1. The Kier molecular flexibility index (Phi) is 10.1. The van der Waals surface area contributed by atoms with E-state index < -0.39 is 0 Å². The van der Waals surface area contributed by atoms with Gasteiger partial charge in [-0.15, -0.1) is 0 Å². The smallest absolute Gasteiger partial charge is 0.102 e. The molecule has 2 N–H and O–H groups in total. The monoisotopic (exact) mass is 209 g/mol. The van der Waals surface area contributed by atoms with Gasteiger partial charge in [-0.3, -0.25) is 0 Å². The van der Waals surface area contributed by atoms with Gasteiger partial charge < -0.3 is 27.1 Å². The summed E-state index contributed by atoms with van der Waals surface area (Å²) in [5.74, 6) is 0. The van der Waals surface area contributed by atoms with Crippen molar-refractivity contribution in [1.29, 1.82) is 0 Å². The van der Waals surface area contributed by atoms with Gasteiger partial charge in [-0.25, -0.2) is 0 Å². The first-order valence-corrected chi connectivity index (χ1v) is 4.34. The van der Waals surface area contributed by atoms with Crippen LogP contribution in [0.5, 0.6) is 0 Å². The van der Waals surface area contributed by atoms with Gasteiger partial charge in [0.1, 0.15) is 6.54 Å². The molecule has 13 heavy (non-hydrogen) atoms. The fourth-order valence-electron chi connectivity index (χ4n) is 1.30. The summed E-state index contributed by atoms with van der Waals surface area (Å²) in [6, 6.07) is 0. The molecule has 0 spiro atoms.